The Kier molecular flexibility index (Phi) is 27.4. The molecule has 0 saturated carbocycles. The smallest absolute Gasteiger partial charge is 0.548 e. The first-order valence-corrected chi connectivity index (χ1v) is 6.69. The summed E-state index contributed by atoms with van der Waals surface area (Å²) in [5, 5.41) is 20.1. The molecule has 9 heteroatoms. The van der Waals surface area contributed by atoms with Gasteiger partial charge in [0.2, 0.25) is 0 Å². The molecule has 8 nitrogen and oxygen atoms in total. The molecule has 136 valence electrons. The molecule has 0 bridgehead atoms. The van der Waals surface area contributed by atoms with Gasteiger partial charge in [-0.15, -0.1) is 0 Å². The van der Waals surface area contributed by atoms with E-state index in [-0.39, 0.29) is 27.8 Å². The van der Waals surface area contributed by atoms with Gasteiger partial charge in [-0.25, -0.2) is 0 Å². The Labute approximate surface area is 146 Å². The topological polar surface area (TPSA) is 184 Å². The maximum absolute atomic E-state index is 10.0. The number of carbonyl (C=O) groups is 2. The van der Waals surface area contributed by atoms with E-state index < -0.39 is 24.0 Å². The Bertz CT molecular complexity index is 244. The van der Waals surface area contributed by atoms with Crippen LogP contribution in [0.5, 0.6) is 0 Å². The van der Waals surface area contributed by atoms with E-state index in [1.807, 2.05) is 0 Å². The number of unbranched alkanes of at least 4 members (excludes halogenated alkanes) is 2. The van der Waals surface area contributed by atoms with Gasteiger partial charge in [0.25, 0.3) is 0 Å². The quantitative estimate of drug-likeness (QED) is 0.216. The van der Waals surface area contributed by atoms with E-state index in [0.29, 0.717) is 25.9 Å². The fraction of sp³-hybridized carbons (Fsp3) is 0.846. The van der Waals surface area contributed by atoms with Gasteiger partial charge in [0, 0.05) is 12.1 Å². The fourth-order valence-corrected chi connectivity index (χ4v) is 1.25. The number of aliphatic carboxylic acids is 2. The van der Waals surface area contributed by atoms with Gasteiger partial charge in [-0.2, -0.15) is 0 Å². The Morgan fingerprint density at radius 3 is 1.23 bits per heavy atom. The zero-order valence-electron chi connectivity index (χ0n) is 12.1. The van der Waals surface area contributed by atoms with Crippen molar-refractivity contribution >= 4 is 11.9 Å². The summed E-state index contributed by atoms with van der Waals surface area (Å²) in [5.41, 5.74) is 20.7. The summed E-state index contributed by atoms with van der Waals surface area (Å²) < 4.78 is 0. The molecule has 0 saturated heterocycles. The molecular weight excluding hydrogens is 383 g/mol. The van der Waals surface area contributed by atoms with Crippen molar-refractivity contribution < 1.29 is 40.2 Å². The molecule has 2 atom stereocenters. The first kappa shape index (κ1) is 29.5. The van der Waals surface area contributed by atoms with Crippen LogP contribution in [-0.2, 0) is 30.0 Å². The van der Waals surface area contributed by atoms with Crippen LogP contribution in [0.25, 0.3) is 0 Å². The second-order valence-corrected chi connectivity index (χ2v) is 4.42. The van der Waals surface area contributed by atoms with Crippen molar-refractivity contribution in [1.29, 1.82) is 0 Å². The van der Waals surface area contributed by atoms with Gasteiger partial charge in [0.05, 0.1) is 11.9 Å². The molecule has 0 aromatic carbocycles. The van der Waals surface area contributed by atoms with Crippen molar-refractivity contribution in [3.63, 3.8) is 0 Å². The van der Waals surface area contributed by atoms with E-state index in [1.165, 1.54) is 0 Å². The number of hydrogen-bond donors (Lipinski definition) is 4. The minimum Gasteiger partial charge on any atom is -0.548 e. The van der Waals surface area contributed by atoms with Crippen LogP contribution in [0.3, 0.4) is 0 Å². The molecule has 8 N–H and O–H groups in total. The Balaban J connectivity index is -0.000000135. The summed E-state index contributed by atoms with van der Waals surface area (Å²) >= 11 is 0. The molecule has 0 rings (SSSR count). The molecule has 0 aliphatic heterocycles. The number of rotatable bonds is 10. The van der Waals surface area contributed by atoms with Gasteiger partial charge in [-0.1, -0.05) is 20.3 Å². The molecule has 0 spiro atoms. The zero-order valence-corrected chi connectivity index (χ0v) is 13.6. The van der Waals surface area contributed by atoms with Crippen molar-refractivity contribution in [2.75, 3.05) is 13.1 Å². The van der Waals surface area contributed by atoms with Gasteiger partial charge >= 0.3 is 20.4 Å². The van der Waals surface area contributed by atoms with Gasteiger partial charge < -0.3 is 42.7 Å². The van der Waals surface area contributed by atoms with Crippen LogP contribution in [0.2, 0.25) is 0 Å². The van der Waals surface area contributed by atoms with Gasteiger partial charge in [0.15, 0.2) is 0 Å². The molecule has 22 heavy (non-hydrogen) atoms. The normalized spacial score (nSPS) is 11.8. The van der Waals surface area contributed by atoms with Crippen molar-refractivity contribution in [3.8, 4) is 0 Å². The van der Waals surface area contributed by atoms with Crippen molar-refractivity contribution in [2.45, 2.75) is 58.0 Å². The minimum atomic E-state index is -1.18. The van der Waals surface area contributed by atoms with Crippen molar-refractivity contribution in [2.24, 2.45) is 22.9 Å². The van der Waals surface area contributed by atoms with Gasteiger partial charge in [0.1, 0.15) is 0 Å². The molecule has 0 aliphatic carbocycles. The van der Waals surface area contributed by atoms with Crippen molar-refractivity contribution in [3.05, 3.63) is 0 Å². The molecule has 0 unspecified atom stereocenters. The van der Waals surface area contributed by atoms with Crippen LogP contribution in [0.1, 0.15) is 46.0 Å². The first-order chi connectivity index (χ1) is 9.36. The predicted octanol–water partition coefficient (Wildman–Crippen LogP) is -2.98. The van der Waals surface area contributed by atoms with Crippen LogP contribution in [0, 0.1) is 0 Å². The molecule has 0 radical (unpaired) electrons. The summed E-state index contributed by atoms with van der Waals surface area (Å²) in [5.74, 6) is -2.37. The summed E-state index contributed by atoms with van der Waals surface area (Å²) in [6.45, 7) is 1.17. The van der Waals surface area contributed by atoms with E-state index >= 15 is 0 Å². The van der Waals surface area contributed by atoms with Crippen LogP contribution in [-0.4, -0.2) is 37.1 Å². The van der Waals surface area contributed by atoms with Gasteiger partial charge in [-0.05, 0) is 38.8 Å². The molecular formula is C13H30N4O4Pd. The minimum absolute atomic E-state index is 0. The maximum atomic E-state index is 10.0. The Morgan fingerprint density at radius 1 is 0.773 bits per heavy atom. The molecule has 0 amide bonds. The fourth-order valence-electron chi connectivity index (χ4n) is 1.25. The second-order valence-electron chi connectivity index (χ2n) is 4.42. The molecule has 0 aromatic heterocycles. The first-order valence-electron chi connectivity index (χ1n) is 6.69. The molecule has 0 aromatic rings. The van der Waals surface area contributed by atoms with Crippen LogP contribution < -0.4 is 33.1 Å². The number of carboxylic acid groups (broad SMARTS) is 2. The Morgan fingerprint density at radius 2 is 1.05 bits per heavy atom. The SMILES string of the molecule is C.NCCCC[C@H](N)C(=O)[O-].NCCCC[C@H](N)C(=O)[O-].[Pd+2]. The monoisotopic (exact) mass is 412 g/mol. The van der Waals surface area contributed by atoms with E-state index in [2.05, 4.69) is 0 Å². The number of carboxylic acids is 2. The molecule has 0 heterocycles. The van der Waals surface area contributed by atoms with Crippen LogP contribution in [0.4, 0.5) is 0 Å². The average Bonchev–Trinajstić information content (AvgIpc) is 2.39. The third-order valence-electron chi connectivity index (χ3n) is 2.54. The predicted molar refractivity (Wildman–Crippen MR) is 78.5 cm³/mol. The van der Waals surface area contributed by atoms with E-state index in [1.54, 1.807) is 0 Å². The zero-order chi connectivity index (χ0) is 16.0. The van der Waals surface area contributed by atoms with Crippen LogP contribution in [0.15, 0.2) is 0 Å². The number of hydrogen-bond acceptors (Lipinski definition) is 8. The van der Waals surface area contributed by atoms with Crippen LogP contribution >= 0.6 is 0 Å². The van der Waals surface area contributed by atoms with Crippen molar-refractivity contribution in [1.82, 2.24) is 0 Å². The van der Waals surface area contributed by atoms with E-state index in [4.69, 9.17) is 22.9 Å². The maximum Gasteiger partial charge on any atom is 2.00 e. The van der Waals surface area contributed by atoms with E-state index in [9.17, 15) is 19.8 Å². The third kappa shape index (κ3) is 21.7. The standard InChI is InChI=1S/2C6H14N2O2.CH4.Pd/c2*7-4-2-1-3-5(8)6(9)10;;/h2*5H,1-4,7-8H2,(H,9,10);1H4;/q;;;+2/p-2/t2*5-;;/m00../s1. The number of carbonyl (C=O) groups excluding carboxylic acids is 2. The Hall–Kier alpha value is -0.558. The summed E-state index contributed by atoms with van der Waals surface area (Å²) in [6.07, 6.45) is 4.07. The largest absolute Gasteiger partial charge is 2.00 e. The number of nitrogens with two attached hydrogens (primary N) is 4. The van der Waals surface area contributed by atoms with E-state index in [0.717, 1.165) is 25.7 Å². The second kappa shape index (κ2) is 20.4. The van der Waals surface area contributed by atoms with Gasteiger partial charge in [-0.3, -0.25) is 0 Å². The average molecular weight is 413 g/mol. The molecule has 0 aliphatic rings. The third-order valence-corrected chi connectivity index (χ3v) is 2.54. The summed E-state index contributed by atoms with van der Waals surface area (Å²) in [7, 11) is 0. The molecule has 0 fully saturated rings. The summed E-state index contributed by atoms with van der Waals surface area (Å²) in [6, 6.07) is -1.65. The summed E-state index contributed by atoms with van der Waals surface area (Å²) in [4.78, 5) is 20.1.